The monoisotopic (exact) mass is 542 g/mol. The molecule has 7 heteroatoms. The van der Waals surface area contributed by atoms with Crippen molar-refractivity contribution in [2.75, 3.05) is 5.75 Å². The molecule has 2 amide bonds. The van der Waals surface area contributed by atoms with Gasteiger partial charge in [-0.2, -0.15) is 0 Å². The van der Waals surface area contributed by atoms with Crippen LogP contribution >= 0.6 is 35.0 Å². The van der Waals surface area contributed by atoms with E-state index in [1.165, 1.54) is 0 Å². The Hall–Kier alpha value is -2.47. The summed E-state index contributed by atoms with van der Waals surface area (Å²) in [6.45, 7) is 4.25. The summed E-state index contributed by atoms with van der Waals surface area (Å²) >= 11 is 13.9. The molecule has 0 unspecified atom stereocenters. The van der Waals surface area contributed by atoms with E-state index in [1.54, 1.807) is 28.8 Å². The van der Waals surface area contributed by atoms with Crippen molar-refractivity contribution in [1.29, 1.82) is 0 Å². The first-order valence-corrected chi connectivity index (χ1v) is 14.0. The SMILES string of the molecule is CC[C@@H](C)NC(=O)[C@H](Cc1ccccc1)N(Cc1ccc(Cl)c(Cl)c1)C(=O)CSCc1ccccc1. The van der Waals surface area contributed by atoms with Crippen LogP contribution in [0.15, 0.2) is 78.9 Å². The summed E-state index contributed by atoms with van der Waals surface area (Å²) in [5.41, 5.74) is 2.97. The largest absolute Gasteiger partial charge is 0.352 e. The van der Waals surface area contributed by atoms with Gasteiger partial charge in [0.1, 0.15) is 6.04 Å². The average molecular weight is 544 g/mol. The van der Waals surface area contributed by atoms with Gasteiger partial charge in [-0.1, -0.05) is 96.9 Å². The quantitative estimate of drug-likeness (QED) is 0.274. The number of carbonyl (C=O) groups excluding carboxylic acids is 2. The van der Waals surface area contributed by atoms with E-state index in [2.05, 4.69) is 5.32 Å². The van der Waals surface area contributed by atoms with E-state index in [4.69, 9.17) is 23.2 Å². The highest BCUT2D eigenvalue weighted by Gasteiger charge is 2.31. The van der Waals surface area contributed by atoms with E-state index < -0.39 is 6.04 Å². The van der Waals surface area contributed by atoms with Gasteiger partial charge >= 0.3 is 0 Å². The lowest BCUT2D eigenvalue weighted by molar-refractivity contribution is -0.139. The van der Waals surface area contributed by atoms with E-state index in [9.17, 15) is 9.59 Å². The third kappa shape index (κ3) is 8.58. The highest BCUT2D eigenvalue weighted by molar-refractivity contribution is 7.99. The van der Waals surface area contributed by atoms with Gasteiger partial charge in [0.15, 0.2) is 0 Å². The Labute approximate surface area is 228 Å². The highest BCUT2D eigenvalue weighted by Crippen LogP contribution is 2.25. The van der Waals surface area contributed by atoms with Crippen LogP contribution in [-0.2, 0) is 28.3 Å². The van der Waals surface area contributed by atoms with Crippen molar-refractivity contribution in [3.63, 3.8) is 0 Å². The maximum absolute atomic E-state index is 13.6. The minimum atomic E-state index is -0.666. The first-order valence-electron chi connectivity index (χ1n) is 12.1. The van der Waals surface area contributed by atoms with Gasteiger partial charge < -0.3 is 10.2 Å². The normalized spacial score (nSPS) is 12.6. The molecule has 0 aromatic heterocycles. The maximum Gasteiger partial charge on any atom is 0.243 e. The van der Waals surface area contributed by atoms with Crippen LogP contribution in [0.3, 0.4) is 0 Å². The second-order valence-electron chi connectivity index (χ2n) is 8.77. The number of amides is 2. The molecule has 0 radical (unpaired) electrons. The Kier molecular flexibility index (Phi) is 11.2. The Morgan fingerprint density at radius 1 is 0.889 bits per heavy atom. The lowest BCUT2D eigenvalue weighted by Crippen LogP contribution is -2.52. The van der Waals surface area contributed by atoms with E-state index in [-0.39, 0.29) is 30.2 Å². The molecule has 0 bridgehead atoms. The molecule has 0 spiro atoms. The number of nitrogens with one attached hydrogen (secondary N) is 1. The fourth-order valence-electron chi connectivity index (χ4n) is 3.74. The molecular formula is C29H32Cl2N2O2S. The molecule has 4 nitrogen and oxygen atoms in total. The fraction of sp³-hybridized carbons (Fsp3) is 0.310. The zero-order valence-electron chi connectivity index (χ0n) is 20.6. The molecule has 36 heavy (non-hydrogen) atoms. The van der Waals surface area contributed by atoms with Gasteiger partial charge in [0.2, 0.25) is 11.8 Å². The molecule has 0 heterocycles. The summed E-state index contributed by atoms with van der Waals surface area (Å²) in [5.74, 6) is 0.727. The Balaban J connectivity index is 1.88. The lowest BCUT2D eigenvalue weighted by Gasteiger charge is -2.32. The van der Waals surface area contributed by atoms with Gasteiger partial charge in [0, 0.05) is 24.8 Å². The summed E-state index contributed by atoms with van der Waals surface area (Å²) in [6.07, 6.45) is 1.22. The smallest absolute Gasteiger partial charge is 0.243 e. The molecule has 0 aliphatic carbocycles. The maximum atomic E-state index is 13.6. The molecule has 1 N–H and O–H groups in total. The second kappa shape index (κ2) is 14.3. The third-order valence-electron chi connectivity index (χ3n) is 5.95. The first kappa shape index (κ1) is 28.1. The highest BCUT2D eigenvalue weighted by atomic mass is 35.5. The van der Waals surface area contributed by atoms with E-state index in [0.717, 1.165) is 28.9 Å². The lowest BCUT2D eigenvalue weighted by atomic mass is 10.0. The summed E-state index contributed by atoms with van der Waals surface area (Å²) in [4.78, 5) is 28.8. The van der Waals surface area contributed by atoms with Crippen LogP contribution in [0, 0.1) is 0 Å². The molecule has 0 fully saturated rings. The molecule has 3 aromatic carbocycles. The molecule has 3 aromatic rings. The van der Waals surface area contributed by atoms with E-state index in [1.807, 2.05) is 80.6 Å². The minimum absolute atomic E-state index is 0.00478. The molecule has 0 saturated heterocycles. The van der Waals surface area contributed by atoms with Crippen LogP contribution in [0.5, 0.6) is 0 Å². The van der Waals surface area contributed by atoms with Crippen LogP contribution in [-0.4, -0.2) is 34.6 Å². The number of halogens is 2. The van der Waals surface area contributed by atoms with Crippen LogP contribution in [0.2, 0.25) is 10.0 Å². The van der Waals surface area contributed by atoms with Crippen molar-refractivity contribution in [2.45, 2.75) is 51.1 Å². The number of hydrogen-bond acceptors (Lipinski definition) is 3. The van der Waals surface area contributed by atoms with Gasteiger partial charge in [-0.05, 0) is 42.2 Å². The van der Waals surface area contributed by atoms with Crippen molar-refractivity contribution >= 4 is 46.8 Å². The summed E-state index contributed by atoms with van der Waals surface area (Å²) < 4.78 is 0. The molecule has 3 rings (SSSR count). The number of benzene rings is 3. The summed E-state index contributed by atoms with van der Waals surface area (Å²) in [7, 11) is 0. The van der Waals surface area contributed by atoms with Gasteiger partial charge in [-0.3, -0.25) is 9.59 Å². The summed E-state index contributed by atoms with van der Waals surface area (Å²) in [6, 6.07) is 24.5. The zero-order valence-corrected chi connectivity index (χ0v) is 23.0. The molecule has 2 atom stereocenters. The van der Waals surface area contributed by atoms with Crippen molar-refractivity contribution in [3.8, 4) is 0 Å². The molecule has 0 aliphatic rings. The van der Waals surface area contributed by atoms with Crippen LogP contribution in [0.25, 0.3) is 0 Å². The number of nitrogens with zero attached hydrogens (tertiary/aromatic N) is 1. The number of carbonyl (C=O) groups is 2. The van der Waals surface area contributed by atoms with E-state index >= 15 is 0 Å². The summed E-state index contributed by atoms with van der Waals surface area (Å²) in [5, 5.41) is 3.96. The van der Waals surface area contributed by atoms with Crippen molar-refractivity contribution in [2.24, 2.45) is 0 Å². The number of rotatable bonds is 12. The van der Waals surface area contributed by atoms with Crippen molar-refractivity contribution in [3.05, 3.63) is 106 Å². The van der Waals surface area contributed by atoms with Gasteiger partial charge in [-0.25, -0.2) is 0 Å². The van der Waals surface area contributed by atoms with Gasteiger partial charge in [0.05, 0.1) is 15.8 Å². The van der Waals surface area contributed by atoms with Crippen LogP contribution in [0.1, 0.15) is 37.0 Å². The number of thioether (sulfide) groups is 1. The third-order valence-corrected chi connectivity index (χ3v) is 7.67. The fourth-order valence-corrected chi connectivity index (χ4v) is 4.93. The topological polar surface area (TPSA) is 49.4 Å². The number of hydrogen-bond donors (Lipinski definition) is 1. The van der Waals surface area contributed by atoms with Gasteiger partial charge in [-0.15, -0.1) is 11.8 Å². The Morgan fingerprint density at radius 3 is 2.14 bits per heavy atom. The first-order chi connectivity index (χ1) is 17.4. The van der Waals surface area contributed by atoms with Crippen molar-refractivity contribution in [1.82, 2.24) is 10.2 Å². The molecular weight excluding hydrogens is 511 g/mol. The van der Waals surface area contributed by atoms with Crippen LogP contribution < -0.4 is 5.32 Å². The van der Waals surface area contributed by atoms with E-state index in [0.29, 0.717) is 16.5 Å². The average Bonchev–Trinajstić information content (AvgIpc) is 2.89. The standard InChI is InChI=1S/C29H32Cl2N2O2S/c1-3-21(2)32-29(35)27(17-22-10-6-4-7-11-22)33(18-24-14-15-25(30)26(31)16-24)28(34)20-36-19-23-12-8-5-9-13-23/h4-16,21,27H,3,17-20H2,1-2H3,(H,32,35)/t21-,27+/m1/s1. The molecule has 0 aliphatic heterocycles. The van der Waals surface area contributed by atoms with Crippen molar-refractivity contribution < 1.29 is 9.59 Å². The van der Waals surface area contributed by atoms with Crippen LogP contribution in [0.4, 0.5) is 0 Å². The minimum Gasteiger partial charge on any atom is -0.352 e. The second-order valence-corrected chi connectivity index (χ2v) is 10.6. The zero-order chi connectivity index (χ0) is 25.9. The Morgan fingerprint density at radius 2 is 1.53 bits per heavy atom. The predicted octanol–water partition coefficient (Wildman–Crippen LogP) is 6.78. The predicted molar refractivity (Wildman–Crippen MR) is 151 cm³/mol. The molecule has 0 saturated carbocycles. The Bertz CT molecular complexity index is 1130. The van der Waals surface area contributed by atoms with Gasteiger partial charge in [0.25, 0.3) is 0 Å². The molecule has 190 valence electrons.